The quantitative estimate of drug-likeness (QED) is 0.400. The molecule has 8 rings (SSSR count). The predicted molar refractivity (Wildman–Crippen MR) is 162 cm³/mol. The summed E-state index contributed by atoms with van der Waals surface area (Å²) in [5.41, 5.74) is 2.57. The van der Waals surface area contributed by atoms with Gasteiger partial charge in [-0.15, -0.1) is 21.5 Å². The van der Waals surface area contributed by atoms with Gasteiger partial charge in [0.25, 0.3) is 11.8 Å². The van der Waals surface area contributed by atoms with Gasteiger partial charge in [-0.2, -0.15) is 0 Å². The molecule has 0 radical (unpaired) electrons. The van der Waals surface area contributed by atoms with E-state index in [1.54, 1.807) is 18.5 Å². The van der Waals surface area contributed by atoms with Crippen molar-refractivity contribution < 1.29 is 14.3 Å². The first-order valence-electron chi connectivity index (χ1n) is 15.3. The van der Waals surface area contributed by atoms with Crippen molar-refractivity contribution in [2.45, 2.75) is 45.4 Å². The molecule has 4 bridgehead atoms. The molecule has 0 atom stereocenters. The highest BCUT2D eigenvalue weighted by Gasteiger charge is 2.50. The van der Waals surface area contributed by atoms with Gasteiger partial charge in [0.2, 0.25) is 0 Å². The number of carbonyl (C=O) groups is 2. The number of ether oxygens (including phenoxy) is 1. The van der Waals surface area contributed by atoms with Gasteiger partial charge in [0.05, 0.1) is 17.7 Å². The van der Waals surface area contributed by atoms with Crippen molar-refractivity contribution in [2.24, 2.45) is 23.2 Å². The van der Waals surface area contributed by atoms with E-state index in [1.807, 2.05) is 35.4 Å². The number of amides is 2. The van der Waals surface area contributed by atoms with Crippen LogP contribution in [0.3, 0.4) is 0 Å². The van der Waals surface area contributed by atoms with Crippen LogP contribution in [0.1, 0.15) is 65.6 Å². The Morgan fingerprint density at radius 3 is 2.38 bits per heavy atom. The van der Waals surface area contributed by atoms with E-state index in [-0.39, 0.29) is 11.8 Å². The van der Waals surface area contributed by atoms with Gasteiger partial charge in [0, 0.05) is 44.5 Å². The molecule has 0 unspecified atom stereocenters. The zero-order chi connectivity index (χ0) is 28.7. The molecule has 10 heteroatoms. The minimum Gasteiger partial charge on any atom is -0.492 e. The highest BCUT2D eigenvalue weighted by Crippen LogP contribution is 2.59. The summed E-state index contributed by atoms with van der Waals surface area (Å²) in [4.78, 5) is 35.2. The van der Waals surface area contributed by atoms with Gasteiger partial charge in [-0.05, 0) is 104 Å². The number of hydrogen-bond acceptors (Lipinski definition) is 8. The number of rotatable bonds is 8. The van der Waals surface area contributed by atoms with Gasteiger partial charge >= 0.3 is 0 Å². The molecule has 4 saturated carbocycles. The molecule has 42 heavy (non-hydrogen) atoms. The third-order valence-corrected chi connectivity index (χ3v) is 10.6. The molecule has 3 aromatic rings. The summed E-state index contributed by atoms with van der Waals surface area (Å²) >= 11 is 1.45. The maximum Gasteiger partial charge on any atom is 0.271 e. The zero-order valence-corrected chi connectivity index (χ0v) is 24.9. The number of thiophene rings is 1. The van der Waals surface area contributed by atoms with Crippen LogP contribution >= 0.6 is 11.3 Å². The van der Waals surface area contributed by atoms with Crippen LogP contribution in [0.2, 0.25) is 0 Å². The number of aromatic nitrogens is 3. The summed E-state index contributed by atoms with van der Waals surface area (Å²) in [6.07, 6.45) is 11.5. The largest absolute Gasteiger partial charge is 0.492 e. The summed E-state index contributed by atoms with van der Waals surface area (Å²) in [7, 11) is 0. The molecule has 2 amide bonds. The predicted octanol–water partition coefficient (Wildman–Crippen LogP) is 4.91. The average Bonchev–Trinajstić information content (AvgIpc) is 3.50. The first kappa shape index (κ1) is 27.3. The highest BCUT2D eigenvalue weighted by molar-refractivity contribution is 7.12. The van der Waals surface area contributed by atoms with Crippen molar-refractivity contribution in [2.75, 3.05) is 44.2 Å². The fraction of sp³-hybridized carbons (Fsp3) is 0.531. The van der Waals surface area contributed by atoms with Crippen LogP contribution in [0.4, 0.5) is 5.82 Å². The van der Waals surface area contributed by atoms with Crippen molar-refractivity contribution in [1.82, 2.24) is 25.4 Å². The molecule has 4 heterocycles. The van der Waals surface area contributed by atoms with Gasteiger partial charge < -0.3 is 19.9 Å². The van der Waals surface area contributed by atoms with E-state index in [4.69, 9.17) is 4.74 Å². The van der Waals surface area contributed by atoms with Crippen LogP contribution in [0.25, 0.3) is 11.1 Å². The van der Waals surface area contributed by atoms with Crippen molar-refractivity contribution in [3.63, 3.8) is 0 Å². The lowest BCUT2D eigenvalue weighted by Crippen LogP contribution is -2.51. The Kier molecular flexibility index (Phi) is 7.34. The zero-order valence-electron chi connectivity index (χ0n) is 24.1. The van der Waals surface area contributed by atoms with E-state index in [1.165, 1.54) is 49.9 Å². The van der Waals surface area contributed by atoms with E-state index in [0.29, 0.717) is 48.8 Å². The summed E-state index contributed by atoms with van der Waals surface area (Å²) in [6, 6.07) is 7.53. The normalized spacial score (nSPS) is 26.4. The number of piperazine rings is 1. The second-order valence-electron chi connectivity index (χ2n) is 12.7. The molecule has 1 saturated heterocycles. The lowest BCUT2D eigenvalue weighted by atomic mass is 9.49. The SMILES string of the molecule is CCOc1cncc(-c2csc(C(=O)N3CCN(c4ccc(C(=O)NCC56CC7CC(CC(C7)C5)C6)nn4)CC3)c2)c1. The van der Waals surface area contributed by atoms with Gasteiger partial charge in [0.15, 0.2) is 11.5 Å². The minimum atomic E-state index is -0.129. The number of pyridine rings is 1. The van der Waals surface area contributed by atoms with E-state index in [2.05, 4.69) is 25.4 Å². The molecule has 0 spiro atoms. The number of anilines is 1. The molecule has 5 aliphatic rings. The molecular weight excluding hydrogens is 548 g/mol. The van der Waals surface area contributed by atoms with E-state index in [9.17, 15) is 9.59 Å². The molecule has 0 aromatic carbocycles. The number of nitrogens with zero attached hydrogens (tertiary/aromatic N) is 5. The van der Waals surface area contributed by atoms with Crippen molar-refractivity contribution in [3.05, 3.63) is 52.6 Å². The number of hydrogen-bond donors (Lipinski definition) is 1. The third-order valence-electron chi connectivity index (χ3n) is 9.73. The molecule has 1 N–H and O–H groups in total. The van der Waals surface area contributed by atoms with Crippen LogP contribution in [-0.2, 0) is 0 Å². The van der Waals surface area contributed by atoms with Crippen molar-refractivity contribution in [1.29, 1.82) is 0 Å². The van der Waals surface area contributed by atoms with Gasteiger partial charge in [-0.3, -0.25) is 14.6 Å². The Bertz CT molecular complexity index is 1410. The second-order valence-corrected chi connectivity index (χ2v) is 13.6. The van der Waals surface area contributed by atoms with Gasteiger partial charge in [0.1, 0.15) is 5.75 Å². The van der Waals surface area contributed by atoms with Crippen LogP contribution in [0.5, 0.6) is 5.75 Å². The average molecular weight is 587 g/mol. The Morgan fingerprint density at radius 1 is 0.976 bits per heavy atom. The van der Waals surface area contributed by atoms with E-state index < -0.39 is 0 Å². The molecule has 5 fully saturated rings. The van der Waals surface area contributed by atoms with Crippen LogP contribution in [-0.4, -0.2) is 71.2 Å². The Morgan fingerprint density at radius 2 is 1.71 bits per heavy atom. The fourth-order valence-corrected chi connectivity index (χ4v) is 9.08. The molecule has 4 aliphatic carbocycles. The van der Waals surface area contributed by atoms with Crippen LogP contribution in [0, 0.1) is 23.2 Å². The maximum atomic E-state index is 13.2. The first-order chi connectivity index (χ1) is 20.5. The summed E-state index contributed by atoms with van der Waals surface area (Å²) < 4.78 is 5.56. The lowest BCUT2D eigenvalue weighted by Gasteiger charge is -2.56. The first-order valence-corrected chi connectivity index (χ1v) is 16.2. The summed E-state index contributed by atoms with van der Waals surface area (Å²) in [5, 5.41) is 13.8. The van der Waals surface area contributed by atoms with Crippen LogP contribution < -0.4 is 15.0 Å². The Balaban J connectivity index is 0.914. The second kappa shape index (κ2) is 11.3. The third kappa shape index (κ3) is 5.48. The molecule has 1 aliphatic heterocycles. The summed E-state index contributed by atoms with van der Waals surface area (Å²) in [5.74, 6) is 3.97. The minimum absolute atomic E-state index is 0.0388. The van der Waals surface area contributed by atoms with E-state index >= 15 is 0 Å². The van der Waals surface area contributed by atoms with E-state index in [0.717, 1.165) is 47.0 Å². The highest BCUT2D eigenvalue weighted by atomic mass is 32.1. The standard InChI is InChI=1S/C32H38N6O3S/c1-2-41-26-12-24(17-33-18-26)25-13-28(42-19-25)31(40)38-7-5-37(6-8-38)29-4-3-27(35-36-29)30(39)34-20-32-14-21-9-22(15-32)11-23(10-21)16-32/h3-4,12-13,17-19,21-23H,2,5-11,14-16,20H2,1H3,(H,34,39). The number of nitrogens with one attached hydrogen (secondary N) is 1. The smallest absolute Gasteiger partial charge is 0.271 e. The Labute approximate surface area is 250 Å². The van der Waals surface area contributed by atoms with Crippen molar-refractivity contribution in [3.8, 4) is 16.9 Å². The van der Waals surface area contributed by atoms with Crippen LogP contribution in [0.15, 0.2) is 42.0 Å². The summed E-state index contributed by atoms with van der Waals surface area (Å²) in [6.45, 7) is 5.81. The monoisotopic (exact) mass is 586 g/mol. The molecule has 3 aromatic heterocycles. The molecule has 220 valence electrons. The topological polar surface area (TPSA) is 101 Å². The molecular formula is C32H38N6O3S. The van der Waals surface area contributed by atoms with Gasteiger partial charge in [-0.1, -0.05) is 0 Å². The fourth-order valence-electron chi connectivity index (χ4n) is 8.20. The van der Waals surface area contributed by atoms with Crippen molar-refractivity contribution >= 4 is 29.0 Å². The number of carbonyl (C=O) groups excluding carboxylic acids is 2. The lowest BCUT2D eigenvalue weighted by molar-refractivity contribution is -0.0503. The Hall–Kier alpha value is -3.53. The molecule has 9 nitrogen and oxygen atoms in total. The van der Waals surface area contributed by atoms with Gasteiger partial charge in [-0.25, -0.2) is 0 Å². The maximum absolute atomic E-state index is 13.2.